The minimum absolute atomic E-state index is 0.723. The van der Waals surface area contributed by atoms with Gasteiger partial charge < -0.3 is 9.80 Å². The van der Waals surface area contributed by atoms with Gasteiger partial charge in [0.1, 0.15) is 0 Å². The van der Waals surface area contributed by atoms with Crippen molar-refractivity contribution >= 4 is 34.3 Å². The molecule has 2 heteroatoms. The third-order valence-electron chi connectivity index (χ3n) is 9.78. The Morgan fingerprint density at radius 1 is 0.712 bits per heavy atom. The van der Waals surface area contributed by atoms with E-state index in [0.717, 1.165) is 68.4 Å². The highest BCUT2D eigenvalue weighted by Crippen LogP contribution is 2.37. The molecule has 4 aromatic carbocycles. The molecule has 1 aliphatic rings. The molecule has 0 radical (unpaired) electrons. The van der Waals surface area contributed by atoms with Crippen LogP contribution in [0.5, 0.6) is 0 Å². The zero-order chi connectivity index (χ0) is 41.8. The number of nitrogens with zero attached hydrogens (tertiary/aromatic N) is 2. The molecule has 0 aliphatic carbocycles. The van der Waals surface area contributed by atoms with Crippen LogP contribution in [0.4, 0.5) is 17.1 Å². The average Bonchev–Trinajstić information content (AvgIpc) is 3.32. The average molecular weight is 769 g/mol. The van der Waals surface area contributed by atoms with Gasteiger partial charge in [-0.15, -0.1) is 0 Å². The highest BCUT2D eigenvalue weighted by molar-refractivity contribution is 5.83. The normalized spacial score (nSPS) is 17.3. The van der Waals surface area contributed by atoms with Crippen LogP contribution < -0.4 is 9.80 Å². The van der Waals surface area contributed by atoms with Gasteiger partial charge in [0.25, 0.3) is 0 Å². The topological polar surface area (TPSA) is 6.48 Å². The van der Waals surface area contributed by atoms with E-state index < -0.39 is 0 Å². The number of rotatable bonds is 14. The molecule has 2 nitrogen and oxygen atoms in total. The second kappa shape index (κ2) is 22.5. The van der Waals surface area contributed by atoms with Gasteiger partial charge in [0, 0.05) is 34.2 Å². The fourth-order valence-electron chi connectivity index (χ4n) is 6.86. The van der Waals surface area contributed by atoms with Crippen molar-refractivity contribution in [1.82, 2.24) is 0 Å². The van der Waals surface area contributed by atoms with Crippen LogP contribution in [0.25, 0.3) is 17.2 Å². The molecule has 0 spiro atoms. The summed E-state index contributed by atoms with van der Waals surface area (Å²) >= 11 is 0. The number of aryl methyl sites for hydroxylation is 1. The third-order valence-corrected chi connectivity index (χ3v) is 9.78. The Morgan fingerprint density at radius 2 is 1.46 bits per heavy atom. The quantitative estimate of drug-likeness (QED) is 0.118. The number of para-hydroxylation sites is 1. The molecule has 0 N–H and O–H groups in total. The number of anilines is 3. The first-order valence-corrected chi connectivity index (χ1v) is 20.2. The lowest BCUT2D eigenvalue weighted by molar-refractivity contribution is 1.07. The zero-order valence-corrected chi connectivity index (χ0v) is 35.0. The Bertz CT molecular complexity index is 2430. The lowest BCUT2D eigenvalue weighted by Crippen LogP contribution is -2.21. The van der Waals surface area contributed by atoms with Crippen molar-refractivity contribution in [3.8, 4) is 0 Å². The fraction of sp³-hybridized carbons (Fsp3) is 0.0877. The standard InChI is InChI=1S/C57H56N2/c1-8-13-14-15-16-20-30-49(37-35-47-28-18-17-19-29-47)52-31-23-32-55(44-52)58-46(7)34-36-50(39-38-48(12-5)57(58)26-11-4)51-40-42-54(43-41-51)59(53(24-9-2)25-10-3)56-33-22-21-27-45(56)6/h8-37,39-44H,2,4,7,38H2,1,3,5-6H3/b13-8+,15-14-,20-16-,25-10-,36-34-,37-35+,48-12-,49-30+,50-39+,53-24+,57-26+. The van der Waals surface area contributed by atoms with Crippen molar-refractivity contribution in [3.63, 3.8) is 0 Å². The maximum absolute atomic E-state index is 4.64. The van der Waals surface area contributed by atoms with Gasteiger partial charge in [-0.3, -0.25) is 0 Å². The Balaban J connectivity index is 1.54. The number of allylic oxidation sites excluding steroid dienone is 21. The predicted molar refractivity (Wildman–Crippen MR) is 261 cm³/mol. The molecule has 0 bridgehead atoms. The molecule has 0 unspecified atom stereocenters. The van der Waals surface area contributed by atoms with Gasteiger partial charge in [-0.2, -0.15) is 0 Å². The largest absolute Gasteiger partial charge is 0.311 e. The first-order chi connectivity index (χ1) is 28.9. The summed E-state index contributed by atoms with van der Waals surface area (Å²) in [6.07, 6.45) is 40.2. The lowest BCUT2D eigenvalue weighted by atomic mass is 9.99. The van der Waals surface area contributed by atoms with Crippen molar-refractivity contribution < 1.29 is 0 Å². The SMILES string of the molecule is C=C/C=C1\C(=C/C)C/C=C(c2ccc(N(C(/C=C\C)=C/C=C)c3ccccc3C)cc2)\C=C/C(=C)N1c1cccc(C(/C=C/c2ccccc2)=C/C=C\C=C/C=C/C)c1. The van der Waals surface area contributed by atoms with E-state index in [1.165, 1.54) is 11.1 Å². The number of hydrogen-bond acceptors (Lipinski definition) is 2. The van der Waals surface area contributed by atoms with Crippen molar-refractivity contribution in [2.24, 2.45) is 0 Å². The predicted octanol–water partition coefficient (Wildman–Crippen LogP) is 15.9. The van der Waals surface area contributed by atoms with Gasteiger partial charge >= 0.3 is 0 Å². The van der Waals surface area contributed by atoms with E-state index in [9.17, 15) is 0 Å². The fourth-order valence-corrected chi connectivity index (χ4v) is 6.86. The van der Waals surface area contributed by atoms with Crippen LogP contribution in [0, 0.1) is 6.92 Å². The number of hydrogen-bond donors (Lipinski definition) is 0. The smallest absolute Gasteiger partial charge is 0.0493 e. The van der Waals surface area contributed by atoms with E-state index in [4.69, 9.17) is 0 Å². The number of benzene rings is 4. The monoisotopic (exact) mass is 768 g/mol. The molecular weight excluding hydrogens is 713 g/mol. The summed E-state index contributed by atoms with van der Waals surface area (Å²) in [5.74, 6) is 0. The third kappa shape index (κ3) is 11.7. The van der Waals surface area contributed by atoms with E-state index >= 15 is 0 Å². The van der Waals surface area contributed by atoms with Crippen LogP contribution in [0.2, 0.25) is 0 Å². The lowest BCUT2D eigenvalue weighted by Gasteiger charge is -2.29. The van der Waals surface area contributed by atoms with Gasteiger partial charge in [0.15, 0.2) is 0 Å². The zero-order valence-electron chi connectivity index (χ0n) is 35.0. The summed E-state index contributed by atoms with van der Waals surface area (Å²) in [5, 5.41) is 0. The van der Waals surface area contributed by atoms with Crippen LogP contribution >= 0.6 is 0 Å². The molecule has 0 atom stereocenters. The highest BCUT2D eigenvalue weighted by atomic mass is 15.2. The van der Waals surface area contributed by atoms with Crippen LogP contribution in [0.15, 0.2) is 255 Å². The van der Waals surface area contributed by atoms with Crippen LogP contribution in [-0.4, -0.2) is 0 Å². The minimum atomic E-state index is 0.723. The molecule has 0 saturated carbocycles. The summed E-state index contributed by atoms with van der Waals surface area (Å²) in [4.78, 5) is 4.52. The molecule has 0 aromatic heterocycles. The van der Waals surface area contributed by atoms with Crippen LogP contribution in [-0.2, 0) is 0 Å². The summed E-state index contributed by atoms with van der Waals surface area (Å²) in [6.45, 7) is 21.1. The second-order valence-electron chi connectivity index (χ2n) is 13.8. The first kappa shape index (κ1) is 43.0. The Labute approximate surface area is 354 Å². The second-order valence-corrected chi connectivity index (χ2v) is 13.8. The van der Waals surface area contributed by atoms with Crippen molar-refractivity contribution in [2.45, 2.75) is 34.1 Å². The van der Waals surface area contributed by atoms with E-state index in [2.05, 4.69) is 213 Å². The van der Waals surface area contributed by atoms with E-state index in [1.807, 2.05) is 62.4 Å². The van der Waals surface area contributed by atoms with Gasteiger partial charge in [0.05, 0.1) is 0 Å². The molecule has 1 aliphatic heterocycles. The Kier molecular flexibility index (Phi) is 16.4. The van der Waals surface area contributed by atoms with E-state index in [0.29, 0.717) is 0 Å². The maximum Gasteiger partial charge on any atom is 0.0493 e. The van der Waals surface area contributed by atoms with Gasteiger partial charge in [0.2, 0.25) is 0 Å². The van der Waals surface area contributed by atoms with Gasteiger partial charge in [-0.05, 0) is 128 Å². The van der Waals surface area contributed by atoms with E-state index in [-0.39, 0.29) is 0 Å². The van der Waals surface area contributed by atoms with Gasteiger partial charge in [-0.1, -0.05) is 184 Å². The molecule has 294 valence electrons. The summed E-state index contributed by atoms with van der Waals surface area (Å²) in [5.41, 5.74) is 14.0. The molecule has 0 fully saturated rings. The summed E-state index contributed by atoms with van der Waals surface area (Å²) < 4.78 is 0. The molecule has 0 saturated heterocycles. The summed E-state index contributed by atoms with van der Waals surface area (Å²) in [7, 11) is 0. The molecule has 1 heterocycles. The van der Waals surface area contributed by atoms with Crippen LogP contribution in [0.3, 0.4) is 0 Å². The van der Waals surface area contributed by atoms with Crippen molar-refractivity contribution in [2.75, 3.05) is 9.80 Å². The van der Waals surface area contributed by atoms with Crippen molar-refractivity contribution in [3.05, 3.63) is 277 Å². The Hall–Kier alpha value is -7.16. The van der Waals surface area contributed by atoms with E-state index in [1.54, 1.807) is 0 Å². The van der Waals surface area contributed by atoms with Gasteiger partial charge in [-0.25, -0.2) is 0 Å². The minimum Gasteiger partial charge on any atom is -0.311 e. The highest BCUT2D eigenvalue weighted by Gasteiger charge is 2.20. The molecule has 0 amide bonds. The van der Waals surface area contributed by atoms with Crippen molar-refractivity contribution in [1.29, 1.82) is 0 Å². The maximum atomic E-state index is 4.64. The molecule has 5 rings (SSSR count). The Morgan fingerprint density at radius 3 is 2.17 bits per heavy atom. The molecule has 59 heavy (non-hydrogen) atoms. The molecule has 4 aromatic rings. The first-order valence-electron chi connectivity index (χ1n) is 20.2. The molecular formula is C57H56N2. The summed E-state index contributed by atoms with van der Waals surface area (Å²) in [6, 6.07) is 36.3. The van der Waals surface area contributed by atoms with Crippen LogP contribution in [0.1, 0.15) is 49.4 Å².